The fraction of sp³-hybridized carbons (Fsp3) is 0.0667. The summed E-state index contributed by atoms with van der Waals surface area (Å²) in [4.78, 5) is 4.19. The highest BCUT2D eigenvalue weighted by molar-refractivity contribution is 5.60. The Kier molecular flexibility index (Phi) is 3.16. The molecule has 0 fully saturated rings. The Bertz CT molecular complexity index is 725. The zero-order valence-electron chi connectivity index (χ0n) is 10.8. The molecule has 0 bridgehead atoms. The summed E-state index contributed by atoms with van der Waals surface area (Å²) in [6, 6.07) is 12.0. The second kappa shape index (κ2) is 5.13. The maximum Gasteiger partial charge on any atom is 0.153 e. The lowest BCUT2D eigenvalue weighted by atomic mass is 10.1. The van der Waals surface area contributed by atoms with E-state index >= 15 is 0 Å². The predicted molar refractivity (Wildman–Crippen MR) is 73.3 cm³/mol. The van der Waals surface area contributed by atoms with Crippen molar-refractivity contribution < 1.29 is 9.13 Å². The molecular formula is C15H12FN3O. The number of aromatic nitrogens is 3. The lowest BCUT2D eigenvalue weighted by Crippen LogP contribution is -1.97. The summed E-state index contributed by atoms with van der Waals surface area (Å²) in [6.45, 7) is 0. The second-order valence-electron chi connectivity index (χ2n) is 4.18. The van der Waals surface area contributed by atoms with E-state index in [1.807, 2.05) is 18.2 Å². The Morgan fingerprint density at radius 1 is 1.15 bits per heavy atom. The van der Waals surface area contributed by atoms with Crippen LogP contribution in [0.1, 0.15) is 0 Å². The van der Waals surface area contributed by atoms with E-state index in [0.717, 1.165) is 0 Å². The largest absolute Gasteiger partial charge is 0.497 e. The normalized spacial score (nSPS) is 10.5. The summed E-state index contributed by atoms with van der Waals surface area (Å²) in [7, 11) is 1.50. The van der Waals surface area contributed by atoms with Gasteiger partial charge in [-0.2, -0.15) is 5.10 Å². The van der Waals surface area contributed by atoms with Gasteiger partial charge in [-0.05, 0) is 30.3 Å². The van der Waals surface area contributed by atoms with Crippen molar-refractivity contribution >= 4 is 0 Å². The Morgan fingerprint density at radius 3 is 2.75 bits per heavy atom. The fourth-order valence-corrected chi connectivity index (χ4v) is 1.91. The van der Waals surface area contributed by atoms with Crippen molar-refractivity contribution in [3.63, 3.8) is 0 Å². The molecule has 0 saturated heterocycles. The average molecular weight is 269 g/mol. The van der Waals surface area contributed by atoms with Gasteiger partial charge in [0.2, 0.25) is 0 Å². The molecule has 0 atom stereocenters. The highest BCUT2D eigenvalue weighted by atomic mass is 19.1. The van der Waals surface area contributed by atoms with Gasteiger partial charge in [0.15, 0.2) is 5.82 Å². The van der Waals surface area contributed by atoms with Crippen LogP contribution in [0.4, 0.5) is 4.39 Å². The third kappa shape index (κ3) is 2.25. The van der Waals surface area contributed by atoms with Crippen LogP contribution in [0.5, 0.6) is 5.75 Å². The summed E-state index contributed by atoms with van der Waals surface area (Å²) >= 11 is 0. The van der Waals surface area contributed by atoms with Crippen molar-refractivity contribution in [2.45, 2.75) is 0 Å². The molecule has 4 nitrogen and oxygen atoms in total. The zero-order chi connectivity index (χ0) is 13.9. The molecule has 0 saturated carbocycles. The molecule has 0 unspecified atom stereocenters. The first-order valence-electron chi connectivity index (χ1n) is 6.09. The van der Waals surface area contributed by atoms with Crippen molar-refractivity contribution in [2.75, 3.05) is 7.11 Å². The minimum absolute atomic E-state index is 0.365. The van der Waals surface area contributed by atoms with Gasteiger partial charge in [0.1, 0.15) is 11.6 Å². The number of rotatable bonds is 3. The topological polar surface area (TPSA) is 39.9 Å². The molecule has 100 valence electrons. The first-order valence-corrected chi connectivity index (χ1v) is 6.09. The maximum atomic E-state index is 14.0. The molecule has 0 N–H and O–H groups in total. The van der Waals surface area contributed by atoms with Crippen molar-refractivity contribution in [2.24, 2.45) is 0 Å². The van der Waals surface area contributed by atoms with Gasteiger partial charge in [0.25, 0.3) is 0 Å². The van der Waals surface area contributed by atoms with E-state index in [9.17, 15) is 4.39 Å². The minimum Gasteiger partial charge on any atom is -0.497 e. The molecule has 0 aliphatic carbocycles. The van der Waals surface area contributed by atoms with Crippen LogP contribution in [0.2, 0.25) is 0 Å². The zero-order valence-corrected chi connectivity index (χ0v) is 10.8. The van der Waals surface area contributed by atoms with Gasteiger partial charge in [-0.1, -0.05) is 6.07 Å². The van der Waals surface area contributed by atoms with Crippen LogP contribution < -0.4 is 4.74 Å². The molecule has 0 aliphatic rings. The van der Waals surface area contributed by atoms with E-state index in [-0.39, 0.29) is 5.82 Å². The van der Waals surface area contributed by atoms with Crippen LogP contribution in [0.25, 0.3) is 17.1 Å². The SMILES string of the molecule is COc1ccc(-c2ccn(-c3ccccn3)n2)c(F)c1. The highest BCUT2D eigenvalue weighted by Crippen LogP contribution is 2.25. The third-order valence-electron chi connectivity index (χ3n) is 2.93. The molecule has 0 amide bonds. The first kappa shape index (κ1) is 12.3. The summed E-state index contributed by atoms with van der Waals surface area (Å²) in [6.07, 6.45) is 3.44. The molecule has 3 aromatic rings. The molecule has 3 rings (SSSR count). The quantitative estimate of drug-likeness (QED) is 0.733. The van der Waals surface area contributed by atoms with Gasteiger partial charge in [-0.3, -0.25) is 0 Å². The van der Waals surface area contributed by atoms with Crippen LogP contribution in [-0.4, -0.2) is 21.9 Å². The minimum atomic E-state index is -0.365. The van der Waals surface area contributed by atoms with Gasteiger partial charge in [-0.15, -0.1) is 0 Å². The van der Waals surface area contributed by atoms with Gasteiger partial charge in [0.05, 0.1) is 12.8 Å². The molecule has 2 aromatic heterocycles. The highest BCUT2D eigenvalue weighted by Gasteiger charge is 2.10. The molecule has 0 aliphatic heterocycles. The molecule has 2 heterocycles. The van der Waals surface area contributed by atoms with E-state index in [0.29, 0.717) is 22.8 Å². The number of methoxy groups -OCH3 is 1. The van der Waals surface area contributed by atoms with Crippen LogP contribution in [0, 0.1) is 5.82 Å². The van der Waals surface area contributed by atoms with Crippen molar-refractivity contribution in [3.8, 4) is 22.8 Å². The van der Waals surface area contributed by atoms with Gasteiger partial charge in [-0.25, -0.2) is 14.1 Å². The summed E-state index contributed by atoms with van der Waals surface area (Å²) < 4.78 is 20.6. The predicted octanol–water partition coefficient (Wildman–Crippen LogP) is 3.08. The maximum absolute atomic E-state index is 14.0. The standard InChI is InChI=1S/C15H12FN3O/c1-20-11-5-6-12(13(16)10-11)14-7-9-19(18-14)15-4-2-3-8-17-15/h2-10H,1H3. The van der Waals surface area contributed by atoms with E-state index in [1.165, 1.54) is 13.2 Å². The molecular weight excluding hydrogens is 257 g/mol. The van der Waals surface area contributed by atoms with Crippen LogP contribution >= 0.6 is 0 Å². The third-order valence-corrected chi connectivity index (χ3v) is 2.93. The number of benzene rings is 1. The number of hydrogen-bond acceptors (Lipinski definition) is 3. The first-order chi connectivity index (χ1) is 9.78. The number of halogens is 1. The Balaban J connectivity index is 1.98. The molecule has 5 heteroatoms. The lowest BCUT2D eigenvalue weighted by Gasteiger charge is -2.03. The van der Waals surface area contributed by atoms with E-state index in [2.05, 4.69) is 10.1 Å². The van der Waals surface area contributed by atoms with Gasteiger partial charge in [0, 0.05) is 24.0 Å². The number of nitrogens with zero attached hydrogens (tertiary/aromatic N) is 3. The van der Waals surface area contributed by atoms with Crippen molar-refractivity contribution in [1.82, 2.24) is 14.8 Å². The van der Waals surface area contributed by atoms with Gasteiger partial charge < -0.3 is 4.74 Å². The van der Waals surface area contributed by atoms with Crippen LogP contribution in [0.3, 0.4) is 0 Å². The number of pyridine rings is 1. The van der Waals surface area contributed by atoms with E-state index < -0.39 is 0 Å². The van der Waals surface area contributed by atoms with Crippen LogP contribution in [-0.2, 0) is 0 Å². The summed E-state index contributed by atoms with van der Waals surface area (Å²) in [5.74, 6) is 0.804. The smallest absolute Gasteiger partial charge is 0.153 e. The monoisotopic (exact) mass is 269 g/mol. The fourth-order valence-electron chi connectivity index (χ4n) is 1.91. The van der Waals surface area contributed by atoms with Gasteiger partial charge >= 0.3 is 0 Å². The lowest BCUT2D eigenvalue weighted by molar-refractivity contribution is 0.411. The van der Waals surface area contributed by atoms with Crippen molar-refractivity contribution in [3.05, 3.63) is 60.7 Å². The number of hydrogen-bond donors (Lipinski definition) is 0. The van der Waals surface area contributed by atoms with Crippen molar-refractivity contribution in [1.29, 1.82) is 0 Å². The molecule has 1 aromatic carbocycles. The van der Waals surface area contributed by atoms with E-state index in [4.69, 9.17) is 4.74 Å². The molecule has 20 heavy (non-hydrogen) atoms. The number of ether oxygens (including phenoxy) is 1. The summed E-state index contributed by atoms with van der Waals surface area (Å²) in [5, 5.41) is 4.34. The molecule has 0 radical (unpaired) electrons. The Labute approximate surface area is 115 Å². The average Bonchev–Trinajstić information content (AvgIpc) is 2.97. The molecule has 0 spiro atoms. The van der Waals surface area contributed by atoms with Crippen LogP contribution in [0.15, 0.2) is 54.9 Å². The Hall–Kier alpha value is -2.69. The summed E-state index contributed by atoms with van der Waals surface area (Å²) in [5.41, 5.74) is 0.983. The van der Waals surface area contributed by atoms with E-state index in [1.54, 1.807) is 35.3 Å². The second-order valence-corrected chi connectivity index (χ2v) is 4.18. The Morgan fingerprint density at radius 2 is 2.05 bits per heavy atom.